The molecule has 0 aliphatic carbocycles. The molecule has 9 nitrogen and oxygen atoms in total. The van der Waals surface area contributed by atoms with Crippen molar-refractivity contribution in [1.29, 1.82) is 0 Å². The Morgan fingerprint density at radius 3 is 2.63 bits per heavy atom. The molecule has 0 saturated carbocycles. The van der Waals surface area contributed by atoms with Gasteiger partial charge in [-0.2, -0.15) is 0 Å². The molecule has 1 saturated heterocycles. The van der Waals surface area contributed by atoms with Gasteiger partial charge in [0.15, 0.2) is 0 Å². The van der Waals surface area contributed by atoms with Gasteiger partial charge in [-0.25, -0.2) is 14.8 Å². The molecular formula is C21H26N6O3. The van der Waals surface area contributed by atoms with Gasteiger partial charge in [-0.3, -0.25) is 10.7 Å². The predicted octanol–water partition coefficient (Wildman–Crippen LogP) is 2.47. The van der Waals surface area contributed by atoms with Crippen molar-refractivity contribution in [2.45, 2.75) is 19.4 Å². The van der Waals surface area contributed by atoms with Crippen LogP contribution in [0.4, 0.5) is 11.6 Å². The number of aryl methyl sites for hydroxylation is 1. The van der Waals surface area contributed by atoms with Crippen molar-refractivity contribution in [2.24, 2.45) is 13.0 Å². The summed E-state index contributed by atoms with van der Waals surface area (Å²) in [6.07, 6.45) is 6.91. The minimum absolute atomic E-state index is 0.105. The number of carboxylic acids is 1. The molecule has 1 aromatic carbocycles. The second kappa shape index (κ2) is 8.68. The number of fused-ring (bicyclic) bond motifs is 1. The first-order valence-electron chi connectivity index (χ1n) is 10.0. The van der Waals surface area contributed by atoms with Gasteiger partial charge < -0.3 is 19.9 Å². The molecule has 158 valence electrons. The van der Waals surface area contributed by atoms with Crippen LogP contribution in [-0.2, 0) is 13.6 Å². The van der Waals surface area contributed by atoms with Gasteiger partial charge in [-0.05, 0) is 49.1 Å². The van der Waals surface area contributed by atoms with E-state index in [9.17, 15) is 10.0 Å². The normalized spacial score (nSPS) is 14.9. The summed E-state index contributed by atoms with van der Waals surface area (Å²) in [6.45, 7) is 3.42. The quantitative estimate of drug-likeness (QED) is 0.439. The van der Waals surface area contributed by atoms with E-state index in [-0.39, 0.29) is 5.56 Å². The largest absolute Gasteiger partial charge is 0.478 e. The van der Waals surface area contributed by atoms with Gasteiger partial charge in [0.1, 0.15) is 0 Å². The number of aromatic carboxylic acids is 1. The van der Waals surface area contributed by atoms with Crippen LogP contribution in [0.5, 0.6) is 0 Å². The number of hydrogen-bond acceptors (Lipinski definition) is 7. The third-order valence-electron chi connectivity index (χ3n) is 5.73. The Labute approximate surface area is 174 Å². The molecule has 9 heteroatoms. The zero-order valence-electron chi connectivity index (χ0n) is 16.9. The Bertz CT molecular complexity index is 1030. The maximum atomic E-state index is 10.9. The molecule has 0 atom stereocenters. The van der Waals surface area contributed by atoms with Crippen molar-refractivity contribution in [1.82, 2.24) is 19.9 Å². The zero-order valence-corrected chi connectivity index (χ0v) is 16.9. The number of anilines is 2. The molecule has 1 fully saturated rings. The predicted molar refractivity (Wildman–Crippen MR) is 114 cm³/mol. The minimum atomic E-state index is -1.01. The van der Waals surface area contributed by atoms with Crippen LogP contribution in [0, 0.1) is 5.92 Å². The molecule has 3 aromatic rings. The number of rotatable bonds is 7. The summed E-state index contributed by atoms with van der Waals surface area (Å²) in [4.78, 5) is 21.4. The average Bonchev–Trinajstić information content (AvgIpc) is 3.09. The van der Waals surface area contributed by atoms with Crippen LogP contribution >= 0.6 is 0 Å². The Morgan fingerprint density at radius 2 is 1.97 bits per heavy atom. The maximum Gasteiger partial charge on any atom is 0.338 e. The van der Waals surface area contributed by atoms with Gasteiger partial charge in [0.25, 0.3) is 0 Å². The monoisotopic (exact) mass is 410 g/mol. The highest BCUT2D eigenvalue weighted by Gasteiger charge is 2.21. The molecule has 4 rings (SSSR count). The lowest BCUT2D eigenvalue weighted by molar-refractivity contribution is 0.0696. The van der Waals surface area contributed by atoms with Crippen molar-refractivity contribution < 1.29 is 15.1 Å². The first-order valence-corrected chi connectivity index (χ1v) is 10.0. The molecule has 1 aliphatic rings. The van der Waals surface area contributed by atoms with E-state index in [0.29, 0.717) is 17.6 Å². The van der Waals surface area contributed by atoms with Crippen LogP contribution in [0.15, 0.2) is 36.8 Å². The zero-order chi connectivity index (χ0) is 21.1. The van der Waals surface area contributed by atoms with Gasteiger partial charge in [-0.1, -0.05) is 0 Å². The van der Waals surface area contributed by atoms with Crippen LogP contribution in [-0.4, -0.2) is 50.5 Å². The van der Waals surface area contributed by atoms with Gasteiger partial charge in [0.2, 0.25) is 5.95 Å². The Kier molecular flexibility index (Phi) is 5.82. The van der Waals surface area contributed by atoms with Gasteiger partial charge >= 0.3 is 5.97 Å². The number of carboxylic acid groups (broad SMARTS) is 1. The van der Waals surface area contributed by atoms with Crippen LogP contribution in [0.25, 0.3) is 10.9 Å². The fourth-order valence-electron chi connectivity index (χ4n) is 4.03. The summed E-state index contributed by atoms with van der Waals surface area (Å²) in [7, 11) is 2.03. The summed E-state index contributed by atoms with van der Waals surface area (Å²) >= 11 is 0. The van der Waals surface area contributed by atoms with Crippen LogP contribution in [0.2, 0.25) is 0 Å². The van der Waals surface area contributed by atoms with Crippen LogP contribution < -0.4 is 15.7 Å². The Balaban J connectivity index is 1.29. The van der Waals surface area contributed by atoms with E-state index in [1.807, 2.05) is 25.2 Å². The molecule has 0 radical (unpaired) electrons. The number of aromatic nitrogens is 3. The average molecular weight is 410 g/mol. The lowest BCUT2D eigenvalue weighted by Gasteiger charge is -2.32. The number of nitrogens with one attached hydrogen (secondary N) is 2. The molecule has 1 aliphatic heterocycles. The fourth-order valence-corrected chi connectivity index (χ4v) is 4.03. The molecule has 30 heavy (non-hydrogen) atoms. The molecule has 0 amide bonds. The van der Waals surface area contributed by atoms with Gasteiger partial charge in [0, 0.05) is 56.2 Å². The minimum Gasteiger partial charge on any atom is -0.478 e. The molecular weight excluding hydrogens is 384 g/mol. The Morgan fingerprint density at radius 1 is 1.23 bits per heavy atom. The first-order chi connectivity index (χ1) is 14.5. The topological polar surface area (TPSA) is 116 Å². The van der Waals surface area contributed by atoms with Crippen molar-refractivity contribution in [3.63, 3.8) is 0 Å². The van der Waals surface area contributed by atoms with Crippen molar-refractivity contribution >= 4 is 28.5 Å². The van der Waals surface area contributed by atoms with Crippen molar-refractivity contribution in [3.8, 4) is 0 Å². The standard InChI is InChI=1S/C21H26N6O3/c1-26-13-16(18-8-17(25-30)2-3-19(18)26)10-22-9-14-4-6-27(7-5-14)21-23-11-15(12-24-21)20(28)29/h2-3,8,11-14,22,25,30H,4-7,9-10H2,1H3,(H,28,29). The molecule has 4 N–H and O–H groups in total. The number of benzene rings is 1. The third kappa shape index (κ3) is 4.22. The molecule has 0 bridgehead atoms. The second-order valence-electron chi connectivity index (χ2n) is 7.75. The highest BCUT2D eigenvalue weighted by atomic mass is 16.5. The molecule has 0 spiro atoms. The second-order valence-corrected chi connectivity index (χ2v) is 7.75. The summed E-state index contributed by atoms with van der Waals surface area (Å²) in [5, 5.41) is 22.8. The molecule has 0 unspecified atom stereocenters. The van der Waals surface area contributed by atoms with E-state index >= 15 is 0 Å². The number of hydrogen-bond donors (Lipinski definition) is 4. The fraction of sp³-hybridized carbons (Fsp3) is 0.381. The van der Waals surface area contributed by atoms with E-state index < -0.39 is 5.97 Å². The maximum absolute atomic E-state index is 10.9. The first kappa shape index (κ1) is 20.1. The Hall–Kier alpha value is -3.17. The summed E-state index contributed by atoms with van der Waals surface area (Å²) in [5.74, 6) is 0.154. The molecule has 3 heterocycles. The van der Waals surface area contributed by atoms with Crippen LogP contribution in [0.3, 0.4) is 0 Å². The summed E-state index contributed by atoms with van der Waals surface area (Å²) < 4.78 is 2.10. The smallest absolute Gasteiger partial charge is 0.338 e. The van der Waals surface area contributed by atoms with E-state index in [2.05, 4.69) is 36.4 Å². The van der Waals surface area contributed by atoms with E-state index in [1.165, 1.54) is 18.0 Å². The van der Waals surface area contributed by atoms with E-state index in [0.717, 1.165) is 49.9 Å². The van der Waals surface area contributed by atoms with Gasteiger partial charge in [-0.15, -0.1) is 0 Å². The number of nitrogens with zero attached hydrogens (tertiary/aromatic N) is 4. The summed E-state index contributed by atoms with van der Waals surface area (Å²) in [5.41, 5.74) is 5.34. The SMILES string of the molecule is Cn1cc(CNCC2CCN(c3ncc(C(=O)O)cn3)CC2)c2cc(NO)ccc21. The highest BCUT2D eigenvalue weighted by molar-refractivity contribution is 5.87. The lowest BCUT2D eigenvalue weighted by Crippen LogP contribution is -2.38. The third-order valence-corrected chi connectivity index (χ3v) is 5.73. The van der Waals surface area contributed by atoms with Crippen molar-refractivity contribution in [3.05, 3.63) is 47.9 Å². The van der Waals surface area contributed by atoms with E-state index in [1.54, 1.807) is 0 Å². The van der Waals surface area contributed by atoms with Crippen LogP contribution in [0.1, 0.15) is 28.8 Å². The number of piperidine rings is 1. The summed E-state index contributed by atoms with van der Waals surface area (Å²) in [6, 6.07) is 5.81. The molecule has 2 aromatic heterocycles. The lowest BCUT2D eigenvalue weighted by atomic mass is 9.97. The van der Waals surface area contributed by atoms with Crippen molar-refractivity contribution in [2.75, 3.05) is 30.0 Å². The number of carbonyl (C=O) groups is 1. The highest BCUT2D eigenvalue weighted by Crippen LogP contribution is 2.25. The van der Waals surface area contributed by atoms with Gasteiger partial charge in [0.05, 0.1) is 11.3 Å². The van der Waals surface area contributed by atoms with E-state index in [4.69, 9.17) is 5.11 Å².